The van der Waals surface area contributed by atoms with Gasteiger partial charge in [0.05, 0.1) is 6.42 Å². The zero-order valence-corrected chi connectivity index (χ0v) is 10.3. The van der Waals surface area contributed by atoms with Crippen LogP contribution in [0.15, 0.2) is 30.3 Å². The summed E-state index contributed by atoms with van der Waals surface area (Å²) in [6.07, 6.45) is 0.934. The van der Waals surface area contributed by atoms with Gasteiger partial charge >= 0.3 is 0 Å². The summed E-state index contributed by atoms with van der Waals surface area (Å²) in [7, 11) is 0. The second-order valence-corrected chi connectivity index (χ2v) is 5.05. The molecule has 0 amide bonds. The normalized spacial score (nSPS) is 26.2. The summed E-state index contributed by atoms with van der Waals surface area (Å²) in [4.78, 5) is 23.2. The van der Waals surface area contributed by atoms with Crippen LogP contribution in [0, 0.1) is 11.8 Å². The number of carbonyl (C=O) groups excluding carboxylic acids is 2. The van der Waals surface area contributed by atoms with Gasteiger partial charge in [0.25, 0.3) is 0 Å². The molecular formula is C15H18O2. The molecule has 1 saturated carbocycles. The molecule has 0 saturated heterocycles. The van der Waals surface area contributed by atoms with Crippen molar-refractivity contribution in [2.45, 2.75) is 32.6 Å². The molecule has 2 heteroatoms. The molecule has 0 N–H and O–H groups in total. The second kappa shape index (κ2) is 4.82. The van der Waals surface area contributed by atoms with Crippen LogP contribution in [0.4, 0.5) is 0 Å². The maximum Gasteiger partial charge on any atom is 0.144 e. The van der Waals surface area contributed by atoms with Gasteiger partial charge < -0.3 is 0 Å². The Morgan fingerprint density at radius 2 is 1.82 bits per heavy atom. The van der Waals surface area contributed by atoms with Crippen LogP contribution in [0.5, 0.6) is 0 Å². The highest BCUT2D eigenvalue weighted by molar-refractivity contribution is 6.08. The van der Waals surface area contributed by atoms with Crippen molar-refractivity contribution < 1.29 is 9.59 Å². The molecule has 2 rings (SSSR count). The molecular weight excluding hydrogens is 212 g/mol. The van der Waals surface area contributed by atoms with Crippen molar-refractivity contribution in [3.8, 4) is 0 Å². The van der Waals surface area contributed by atoms with E-state index in [1.165, 1.54) is 5.56 Å². The van der Waals surface area contributed by atoms with Crippen LogP contribution >= 0.6 is 0 Å². The van der Waals surface area contributed by atoms with Crippen molar-refractivity contribution >= 4 is 11.6 Å². The van der Waals surface area contributed by atoms with Gasteiger partial charge in [-0.25, -0.2) is 0 Å². The average Bonchev–Trinajstić information content (AvgIpc) is 2.57. The minimum absolute atomic E-state index is 0.0716. The molecule has 1 aromatic carbocycles. The summed E-state index contributed by atoms with van der Waals surface area (Å²) < 4.78 is 0. The van der Waals surface area contributed by atoms with Gasteiger partial charge in [-0.2, -0.15) is 0 Å². The van der Waals surface area contributed by atoms with Gasteiger partial charge in [0.2, 0.25) is 0 Å². The lowest BCUT2D eigenvalue weighted by Crippen LogP contribution is -2.17. The van der Waals surface area contributed by atoms with E-state index in [0.717, 1.165) is 6.42 Å². The first-order valence-electron chi connectivity index (χ1n) is 6.20. The molecule has 0 spiro atoms. The van der Waals surface area contributed by atoms with Gasteiger partial charge in [0.1, 0.15) is 11.6 Å². The Balaban J connectivity index is 2.07. The number of hydrogen-bond acceptors (Lipinski definition) is 2. The van der Waals surface area contributed by atoms with Gasteiger partial charge in [-0.1, -0.05) is 44.2 Å². The Bertz CT molecular complexity index is 422. The van der Waals surface area contributed by atoms with Gasteiger partial charge in [-0.15, -0.1) is 0 Å². The van der Waals surface area contributed by atoms with E-state index in [4.69, 9.17) is 0 Å². The van der Waals surface area contributed by atoms with E-state index >= 15 is 0 Å². The van der Waals surface area contributed by atoms with Gasteiger partial charge in [-0.3, -0.25) is 9.59 Å². The number of carbonyl (C=O) groups is 2. The van der Waals surface area contributed by atoms with Gasteiger partial charge in [0, 0.05) is 11.8 Å². The van der Waals surface area contributed by atoms with E-state index in [0.29, 0.717) is 5.92 Å². The number of benzene rings is 1. The van der Waals surface area contributed by atoms with Crippen LogP contribution in [0.25, 0.3) is 0 Å². The third-order valence-electron chi connectivity index (χ3n) is 3.85. The highest BCUT2D eigenvalue weighted by Gasteiger charge is 2.38. The molecule has 0 radical (unpaired) electrons. The summed E-state index contributed by atoms with van der Waals surface area (Å²) in [5.41, 5.74) is 1.24. The Hall–Kier alpha value is -1.44. The maximum absolute atomic E-state index is 11.7. The van der Waals surface area contributed by atoms with Crippen LogP contribution in [-0.4, -0.2) is 11.6 Å². The van der Waals surface area contributed by atoms with Crippen LogP contribution in [0.2, 0.25) is 0 Å². The molecule has 0 aliphatic heterocycles. The maximum atomic E-state index is 11.7. The first kappa shape index (κ1) is 12.0. The highest BCUT2D eigenvalue weighted by atomic mass is 16.2. The van der Waals surface area contributed by atoms with E-state index in [9.17, 15) is 9.59 Å². The van der Waals surface area contributed by atoms with Gasteiger partial charge in [0.15, 0.2) is 0 Å². The van der Waals surface area contributed by atoms with E-state index < -0.39 is 0 Å². The van der Waals surface area contributed by atoms with Crippen molar-refractivity contribution in [3.63, 3.8) is 0 Å². The summed E-state index contributed by atoms with van der Waals surface area (Å²) in [5.74, 6) is 0.412. The fourth-order valence-electron chi connectivity index (χ4n) is 2.60. The summed E-state index contributed by atoms with van der Waals surface area (Å²) in [5, 5.41) is 0. The number of Topliss-reactive ketones (excluding diaryl/α,β-unsaturated/α-hetero) is 2. The lowest BCUT2D eigenvalue weighted by molar-refractivity contribution is -0.122. The average molecular weight is 230 g/mol. The van der Waals surface area contributed by atoms with E-state index in [-0.39, 0.29) is 29.8 Å². The quantitative estimate of drug-likeness (QED) is 0.748. The number of hydrogen-bond donors (Lipinski definition) is 0. The first-order chi connectivity index (χ1) is 8.09. The van der Waals surface area contributed by atoms with E-state index in [1.807, 2.05) is 25.1 Å². The fraction of sp³-hybridized carbons (Fsp3) is 0.467. The molecule has 17 heavy (non-hydrogen) atoms. The van der Waals surface area contributed by atoms with Crippen molar-refractivity contribution in [3.05, 3.63) is 35.9 Å². The predicted octanol–water partition coefficient (Wildman–Crippen LogP) is 2.97. The van der Waals surface area contributed by atoms with Crippen molar-refractivity contribution in [1.29, 1.82) is 0 Å². The van der Waals surface area contributed by atoms with Crippen molar-refractivity contribution in [2.75, 3.05) is 0 Å². The van der Waals surface area contributed by atoms with Crippen molar-refractivity contribution in [1.82, 2.24) is 0 Å². The zero-order valence-electron chi connectivity index (χ0n) is 10.3. The molecule has 0 aromatic heterocycles. The van der Waals surface area contributed by atoms with E-state index in [1.54, 1.807) is 0 Å². The SMILES string of the molecule is C[C@H](CC1C(=O)CC(=O)[C@H]1C)c1ccccc1. The standard InChI is InChI=1S/C15H18O2/c1-10(12-6-4-3-5-7-12)8-13-11(2)14(16)9-15(13)17/h3-7,10-11,13H,8-9H2,1-2H3/t10-,11+,13?/m1/s1. The minimum atomic E-state index is -0.0892. The lowest BCUT2D eigenvalue weighted by Gasteiger charge is -2.18. The Morgan fingerprint density at radius 1 is 1.18 bits per heavy atom. The highest BCUT2D eigenvalue weighted by Crippen LogP contribution is 2.33. The number of ketones is 2. The molecule has 3 atom stereocenters. The summed E-state index contributed by atoms with van der Waals surface area (Å²) >= 11 is 0. The van der Waals surface area contributed by atoms with E-state index in [2.05, 4.69) is 19.1 Å². The van der Waals surface area contributed by atoms with Gasteiger partial charge in [-0.05, 0) is 17.9 Å². The largest absolute Gasteiger partial charge is 0.299 e. The topological polar surface area (TPSA) is 34.1 Å². The molecule has 2 nitrogen and oxygen atoms in total. The summed E-state index contributed by atoms with van der Waals surface area (Å²) in [6, 6.07) is 10.2. The van der Waals surface area contributed by atoms with Crippen LogP contribution in [0.3, 0.4) is 0 Å². The third-order valence-corrected chi connectivity index (χ3v) is 3.85. The molecule has 1 fully saturated rings. The molecule has 0 bridgehead atoms. The molecule has 0 heterocycles. The third kappa shape index (κ3) is 2.46. The molecule has 1 aromatic rings. The first-order valence-corrected chi connectivity index (χ1v) is 6.20. The molecule has 90 valence electrons. The summed E-state index contributed by atoms with van der Waals surface area (Å²) in [6.45, 7) is 4.01. The zero-order chi connectivity index (χ0) is 12.4. The molecule has 1 aliphatic carbocycles. The second-order valence-electron chi connectivity index (χ2n) is 5.05. The predicted molar refractivity (Wildman–Crippen MR) is 66.8 cm³/mol. The minimum Gasteiger partial charge on any atom is -0.299 e. The smallest absolute Gasteiger partial charge is 0.144 e. The van der Waals surface area contributed by atoms with Crippen LogP contribution in [-0.2, 0) is 9.59 Å². The molecule has 1 unspecified atom stereocenters. The van der Waals surface area contributed by atoms with Crippen molar-refractivity contribution in [2.24, 2.45) is 11.8 Å². The fourth-order valence-corrected chi connectivity index (χ4v) is 2.60. The Labute approximate surface area is 102 Å². The monoisotopic (exact) mass is 230 g/mol. The van der Waals surface area contributed by atoms with Crippen LogP contribution < -0.4 is 0 Å². The van der Waals surface area contributed by atoms with Crippen LogP contribution in [0.1, 0.15) is 38.2 Å². The molecule has 1 aliphatic rings. The number of rotatable bonds is 3. The lowest BCUT2D eigenvalue weighted by atomic mass is 9.85. The Kier molecular flexibility index (Phi) is 3.41. The Morgan fingerprint density at radius 3 is 2.35 bits per heavy atom.